The molecule has 2 aromatic rings. The Kier molecular flexibility index (Phi) is 3.53. The highest BCUT2D eigenvalue weighted by Gasteiger charge is 2.18. The second kappa shape index (κ2) is 4.97. The van der Waals surface area contributed by atoms with Gasteiger partial charge in [0.05, 0.1) is 18.7 Å². The molecule has 1 heterocycles. The van der Waals surface area contributed by atoms with Crippen molar-refractivity contribution >= 4 is 10.9 Å². The van der Waals surface area contributed by atoms with Crippen LogP contribution in [0.5, 0.6) is 5.75 Å². The van der Waals surface area contributed by atoms with Gasteiger partial charge in [0.2, 0.25) is 0 Å². The number of aliphatic hydroxyl groups excluding tert-OH is 1. The van der Waals surface area contributed by atoms with Crippen molar-refractivity contribution in [1.82, 2.24) is 4.57 Å². The maximum atomic E-state index is 9.42. The van der Waals surface area contributed by atoms with E-state index in [1.54, 1.807) is 7.11 Å². The zero-order valence-corrected chi connectivity index (χ0v) is 11.6. The quantitative estimate of drug-likeness (QED) is 0.830. The van der Waals surface area contributed by atoms with Crippen molar-refractivity contribution in [1.29, 1.82) is 0 Å². The number of hydrogen-bond donors (Lipinski definition) is 2. The van der Waals surface area contributed by atoms with Crippen molar-refractivity contribution in [3.8, 4) is 5.75 Å². The molecule has 1 aromatic carbocycles. The van der Waals surface area contributed by atoms with E-state index in [2.05, 4.69) is 11.1 Å². The molecular formula is C15H20N2O2. The monoisotopic (exact) mass is 260 g/mol. The maximum absolute atomic E-state index is 9.42. The molecule has 4 heteroatoms. The van der Waals surface area contributed by atoms with Crippen LogP contribution >= 0.6 is 0 Å². The second-order valence-corrected chi connectivity index (χ2v) is 4.78. The van der Waals surface area contributed by atoms with Gasteiger partial charge in [-0.25, -0.2) is 0 Å². The van der Waals surface area contributed by atoms with Crippen LogP contribution in [0.15, 0.2) is 30.5 Å². The summed E-state index contributed by atoms with van der Waals surface area (Å²) in [7, 11) is 3.67. The van der Waals surface area contributed by atoms with Crippen molar-refractivity contribution in [2.45, 2.75) is 19.4 Å². The standard InChI is InChI=1S/C15H20N2O2/c1-9-11(8-12(16)10(2)18)15-13(17(9)3)6-5-7-14(15)19-4/h5-7,12,18H,2,8,16H2,1,3-4H3. The first-order valence-electron chi connectivity index (χ1n) is 6.21. The Morgan fingerprint density at radius 2 is 2.21 bits per heavy atom. The zero-order chi connectivity index (χ0) is 14.2. The lowest BCUT2D eigenvalue weighted by atomic mass is 10.0. The fraction of sp³-hybridized carbons (Fsp3) is 0.333. The number of aliphatic hydroxyl groups is 1. The third kappa shape index (κ3) is 2.19. The van der Waals surface area contributed by atoms with E-state index in [9.17, 15) is 5.11 Å². The lowest BCUT2D eigenvalue weighted by molar-refractivity contribution is 0.368. The Hall–Kier alpha value is -1.94. The molecule has 0 aliphatic rings. The molecule has 3 N–H and O–H groups in total. The summed E-state index contributed by atoms with van der Waals surface area (Å²) in [6.07, 6.45) is 0.541. The van der Waals surface area contributed by atoms with E-state index in [-0.39, 0.29) is 5.76 Å². The number of aromatic nitrogens is 1. The summed E-state index contributed by atoms with van der Waals surface area (Å²) in [6.45, 7) is 5.55. The highest BCUT2D eigenvalue weighted by atomic mass is 16.5. The van der Waals surface area contributed by atoms with E-state index < -0.39 is 6.04 Å². The first-order chi connectivity index (χ1) is 8.97. The van der Waals surface area contributed by atoms with Gasteiger partial charge in [-0.3, -0.25) is 0 Å². The molecular weight excluding hydrogens is 240 g/mol. The van der Waals surface area contributed by atoms with E-state index >= 15 is 0 Å². The van der Waals surface area contributed by atoms with Crippen LogP contribution in [0.4, 0.5) is 0 Å². The van der Waals surface area contributed by atoms with Crippen molar-refractivity contribution in [2.24, 2.45) is 12.8 Å². The molecule has 4 nitrogen and oxygen atoms in total. The number of aryl methyl sites for hydroxylation is 1. The van der Waals surface area contributed by atoms with Crippen molar-refractivity contribution in [3.05, 3.63) is 41.8 Å². The van der Waals surface area contributed by atoms with E-state index in [0.717, 1.165) is 27.9 Å². The summed E-state index contributed by atoms with van der Waals surface area (Å²) in [5.41, 5.74) is 9.23. The molecule has 0 fully saturated rings. The van der Waals surface area contributed by atoms with Gasteiger partial charge in [-0.15, -0.1) is 0 Å². The number of nitrogens with zero attached hydrogens (tertiary/aromatic N) is 1. The summed E-state index contributed by atoms with van der Waals surface area (Å²) in [6, 6.07) is 5.49. The average molecular weight is 260 g/mol. The molecule has 0 spiro atoms. The van der Waals surface area contributed by atoms with Crippen LogP contribution < -0.4 is 10.5 Å². The van der Waals surface area contributed by atoms with Gasteiger partial charge in [-0.1, -0.05) is 12.6 Å². The molecule has 0 aliphatic carbocycles. The third-order valence-corrected chi connectivity index (χ3v) is 3.68. The molecule has 0 radical (unpaired) electrons. The number of ether oxygens (including phenoxy) is 1. The van der Waals surface area contributed by atoms with Crippen LogP contribution in [0, 0.1) is 6.92 Å². The van der Waals surface area contributed by atoms with Crippen molar-refractivity contribution in [3.63, 3.8) is 0 Å². The number of methoxy groups -OCH3 is 1. The van der Waals surface area contributed by atoms with Gasteiger partial charge >= 0.3 is 0 Å². The van der Waals surface area contributed by atoms with Gasteiger partial charge in [0.15, 0.2) is 0 Å². The minimum Gasteiger partial charge on any atom is -0.511 e. The summed E-state index contributed by atoms with van der Waals surface area (Å²) in [5.74, 6) is 0.832. The molecule has 19 heavy (non-hydrogen) atoms. The highest BCUT2D eigenvalue weighted by Crippen LogP contribution is 2.33. The van der Waals surface area contributed by atoms with Crippen LogP contribution in [0.1, 0.15) is 11.3 Å². The fourth-order valence-electron chi connectivity index (χ4n) is 2.42. The minimum atomic E-state index is -0.464. The lowest BCUT2D eigenvalue weighted by Gasteiger charge is -2.11. The SMILES string of the molecule is C=C(O)C(N)Cc1c(C)n(C)c2cccc(OC)c12. The van der Waals surface area contributed by atoms with Crippen molar-refractivity contribution in [2.75, 3.05) is 7.11 Å². The Morgan fingerprint density at radius 3 is 2.79 bits per heavy atom. The number of rotatable bonds is 4. The molecule has 0 aliphatic heterocycles. The summed E-state index contributed by atoms with van der Waals surface area (Å²) < 4.78 is 7.55. The average Bonchev–Trinajstić information content (AvgIpc) is 2.64. The molecule has 2 rings (SSSR count). The van der Waals surface area contributed by atoms with Crippen LogP contribution in [-0.2, 0) is 13.5 Å². The Bertz CT molecular complexity index is 629. The van der Waals surface area contributed by atoms with E-state index in [4.69, 9.17) is 10.5 Å². The largest absolute Gasteiger partial charge is 0.511 e. The Balaban J connectivity index is 2.65. The molecule has 0 amide bonds. The van der Waals surface area contributed by atoms with Gasteiger partial charge in [0.1, 0.15) is 11.5 Å². The molecule has 0 saturated carbocycles. The predicted octanol–water partition coefficient (Wildman–Crippen LogP) is 2.44. The minimum absolute atomic E-state index is 0.00583. The van der Waals surface area contributed by atoms with Gasteiger partial charge < -0.3 is 20.1 Å². The number of fused-ring (bicyclic) bond motifs is 1. The highest BCUT2D eigenvalue weighted by molar-refractivity contribution is 5.91. The van der Waals surface area contributed by atoms with Crippen LogP contribution in [0.25, 0.3) is 10.9 Å². The number of nitrogens with two attached hydrogens (primary N) is 1. The van der Waals surface area contributed by atoms with Crippen LogP contribution in [0.2, 0.25) is 0 Å². The first kappa shape index (κ1) is 13.5. The third-order valence-electron chi connectivity index (χ3n) is 3.68. The smallest absolute Gasteiger partial charge is 0.128 e. The summed E-state index contributed by atoms with van der Waals surface area (Å²) >= 11 is 0. The maximum Gasteiger partial charge on any atom is 0.128 e. The Labute approximate surface area is 113 Å². The number of benzene rings is 1. The van der Waals surface area contributed by atoms with Crippen LogP contribution in [0.3, 0.4) is 0 Å². The van der Waals surface area contributed by atoms with Crippen LogP contribution in [-0.4, -0.2) is 22.8 Å². The normalized spacial score (nSPS) is 12.6. The van der Waals surface area contributed by atoms with Gasteiger partial charge in [0.25, 0.3) is 0 Å². The molecule has 1 unspecified atom stereocenters. The van der Waals surface area contributed by atoms with E-state index in [1.165, 1.54) is 0 Å². The summed E-state index contributed by atoms with van der Waals surface area (Å²) in [5, 5.41) is 10.5. The topological polar surface area (TPSA) is 60.4 Å². The van der Waals surface area contributed by atoms with Crippen molar-refractivity contribution < 1.29 is 9.84 Å². The van der Waals surface area contributed by atoms with Gasteiger partial charge in [-0.2, -0.15) is 0 Å². The molecule has 0 bridgehead atoms. The summed E-state index contributed by atoms with van der Waals surface area (Å²) in [4.78, 5) is 0. The zero-order valence-electron chi connectivity index (χ0n) is 11.6. The second-order valence-electron chi connectivity index (χ2n) is 4.78. The molecule has 1 atom stereocenters. The molecule has 1 aromatic heterocycles. The lowest BCUT2D eigenvalue weighted by Crippen LogP contribution is -2.25. The van der Waals surface area contributed by atoms with E-state index in [0.29, 0.717) is 6.42 Å². The fourth-order valence-corrected chi connectivity index (χ4v) is 2.42. The molecule has 102 valence electrons. The van der Waals surface area contributed by atoms with E-state index in [1.807, 2.05) is 32.2 Å². The number of hydrogen-bond acceptors (Lipinski definition) is 3. The predicted molar refractivity (Wildman–Crippen MR) is 77.7 cm³/mol. The first-order valence-corrected chi connectivity index (χ1v) is 6.21. The van der Waals surface area contributed by atoms with Gasteiger partial charge in [-0.05, 0) is 31.0 Å². The molecule has 0 saturated heterocycles. The Morgan fingerprint density at radius 1 is 1.53 bits per heavy atom. The van der Waals surface area contributed by atoms with Gasteiger partial charge in [0, 0.05) is 18.1 Å².